The van der Waals surface area contributed by atoms with Gasteiger partial charge in [-0.3, -0.25) is 0 Å². The van der Waals surface area contributed by atoms with Crippen LogP contribution < -0.4 is 10.1 Å². The Kier molecular flexibility index (Phi) is 6.00. The number of hydrogen-bond donors (Lipinski definition) is 1. The summed E-state index contributed by atoms with van der Waals surface area (Å²) in [7, 11) is 1.69. The molecular weight excluding hydrogens is 260 g/mol. The number of nitrogens with zero attached hydrogens (tertiary/aromatic N) is 1. The fraction of sp³-hybridized carbons (Fsp3) is 0.500. The summed E-state index contributed by atoms with van der Waals surface area (Å²) in [5.74, 6) is 1.64. The lowest BCUT2D eigenvalue weighted by atomic mass is 10.1. The standard InChI is InChI=1S/C18H26N2O/c1-14(2)7-4-5-12-19-13-16-11-10-15-8-6-9-17(21-3)18(15)20-16/h6,8-11,14,19H,4-5,7,12-13H2,1-3H3. The van der Waals surface area contributed by atoms with Crippen LogP contribution in [0.4, 0.5) is 0 Å². The summed E-state index contributed by atoms with van der Waals surface area (Å²) in [6.45, 7) is 6.42. The number of para-hydroxylation sites is 1. The number of unbranched alkanes of at least 4 members (excludes halogenated alkanes) is 1. The van der Waals surface area contributed by atoms with Crippen LogP contribution in [-0.4, -0.2) is 18.6 Å². The maximum absolute atomic E-state index is 5.38. The van der Waals surface area contributed by atoms with Crippen LogP contribution >= 0.6 is 0 Å². The molecule has 0 aliphatic rings. The van der Waals surface area contributed by atoms with Crippen molar-refractivity contribution >= 4 is 10.9 Å². The van der Waals surface area contributed by atoms with Gasteiger partial charge < -0.3 is 10.1 Å². The van der Waals surface area contributed by atoms with E-state index in [9.17, 15) is 0 Å². The van der Waals surface area contributed by atoms with Crippen LogP contribution in [-0.2, 0) is 6.54 Å². The number of hydrogen-bond acceptors (Lipinski definition) is 3. The molecule has 0 radical (unpaired) electrons. The summed E-state index contributed by atoms with van der Waals surface area (Å²) in [5.41, 5.74) is 2.01. The number of rotatable bonds is 8. The number of fused-ring (bicyclic) bond motifs is 1. The Balaban J connectivity index is 1.88. The lowest BCUT2D eigenvalue weighted by Gasteiger charge is -2.08. The largest absolute Gasteiger partial charge is 0.494 e. The molecule has 0 amide bonds. The van der Waals surface area contributed by atoms with E-state index in [1.54, 1.807) is 7.11 Å². The van der Waals surface area contributed by atoms with Crippen LogP contribution in [0.1, 0.15) is 38.8 Å². The highest BCUT2D eigenvalue weighted by atomic mass is 16.5. The van der Waals surface area contributed by atoms with E-state index in [1.807, 2.05) is 12.1 Å². The molecule has 3 heteroatoms. The minimum atomic E-state index is 0.805. The van der Waals surface area contributed by atoms with Gasteiger partial charge in [-0.2, -0.15) is 0 Å². The molecule has 2 rings (SSSR count). The van der Waals surface area contributed by atoms with E-state index in [-0.39, 0.29) is 0 Å². The van der Waals surface area contributed by atoms with Gasteiger partial charge in [0.05, 0.1) is 12.8 Å². The molecule has 0 unspecified atom stereocenters. The van der Waals surface area contributed by atoms with Gasteiger partial charge in [-0.15, -0.1) is 0 Å². The first kappa shape index (κ1) is 15.8. The zero-order valence-corrected chi connectivity index (χ0v) is 13.4. The molecule has 114 valence electrons. The number of aromatic nitrogens is 1. The van der Waals surface area contributed by atoms with E-state index in [2.05, 4.69) is 37.4 Å². The van der Waals surface area contributed by atoms with E-state index in [4.69, 9.17) is 9.72 Å². The number of benzene rings is 1. The van der Waals surface area contributed by atoms with E-state index in [0.717, 1.165) is 41.4 Å². The second-order valence-corrected chi connectivity index (χ2v) is 5.90. The maximum atomic E-state index is 5.38. The second-order valence-electron chi connectivity index (χ2n) is 5.90. The molecule has 0 bridgehead atoms. The van der Waals surface area contributed by atoms with Gasteiger partial charge >= 0.3 is 0 Å². The first-order valence-electron chi connectivity index (χ1n) is 7.84. The van der Waals surface area contributed by atoms with Gasteiger partial charge in [0.25, 0.3) is 0 Å². The average Bonchev–Trinajstić information content (AvgIpc) is 2.49. The molecule has 1 aromatic carbocycles. The Hall–Kier alpha value is -1.61. The van der Waals surface area contributed by atoms with Crippen molar-refractivity contribution in [1.82, 2.24) is 10.3 Å². The summed E-state index contributed by atoms with van der Waals surface area (Å²) in [6, 6.07) is 10.2. The molecule has 0 aliphatic heterocycles. The van der Waals surface area contributed by atoms with Crippen molar-refractivity contribution in [3.63, 3.8) is 0 Å². The Labute approximate surface area is 127 Å². The maximum Gasteiger partial charge on any atom is 0.145 e. The van der Waals surface area contributed by atoms with Gasteiger partial charge in [-0.05, 0) is 31.0 Å². The Morgan fingerprint density at radius 1 is 1.14 bits per heavy atom. The number of methoxy groups -OCH3 is 1. The van der Waals surface area contributed by atoms with Crippen LogP contribution in [0.15, 0.2) is 30.3 Å². The van der Waals surface area contributed by atoms with Crippen molar-refractivity contribution in [3.05, 3.63) is 36.0 Å². The lowest BCUT2D eigenvalue weighted by molar-refractivity contribution is 0.418. The summed E-state index contributed by atoms with van der Waals surface area (Å²) < 4.78 is 5.38. The third kappa shape index (κ3) is 4.71. The van der Waals surface area contributed by atoms with Crippen molar-refractivity contribution < 1.29 is 4.74 Å². The second kappa shape index (κ2) is 7.99. The summed E-state index contributed by atoms with van der Waals surface area (Å²) in [6.07, 6.45) is 3.84. The molecule has 1 aromatic heterocycles. The smallest absolute Gasteiger partial charge is 0.145 e. The summed E-state index contributed by atoms with van der Waals surface area (Å²) in [4.78, 5) is 4.70. The average molecular weight is 286 g/mol. The third-order valence-corrected chi connectivity index (χ3v) is 3.65. The monoisotopic (exact) mass is 286 g/mol. The number of ether oxygens (including phenoxy) is 1. The molecule has 3 nitrogen and oxygen atoms in total. The molecule has 0 saturated carbocycles. The third-order valence-electron chi connectivity index (χ3n) is 3.65. The van der Waals surface area contributed by atoms with E-state index >= 15 is 0 Å². The number of nitrogens with one attached hydrogen (secondary N) is 1. The van der Waals surface area contributed by atoms with Crippen molar-refractivity contribution in [2.45, 2.75) is 39.7 Å². The minimum absolute atomic E-state index is 0.805. The molecule has 0 aliphatic carbocycles. The fourth-order valence-electron chi connectivity index (χ4n) is 2.44. The molecular formula is C18H26N2O. The topological polar surface area (TPSA) is 34.1 Å². The zero-order valence-electron chi connectivity index (χ0n) is 13.4. The minimum Gasteiger partial charge on any atom is -0.494 e. The molecule has 21 heavy (non-hydrogen) atoms. The van der Waals surface area contributed by atoms with Crippen LogP contribution in [0, 0.1) is 5.92 Å². The normalized spacial score (nSPS) is 11.2. The van der Waals surface area contributed by atoms with Gasteiger partial charge in [-0.25, -0.2) is 4.98 Å². The Morgan fingerprint density at radius 2 is 2.00 bits per heavy atom. The molecule has 1 N–H and O–H groups in total. The van der Waals surface area contributed by atoms with E-state index in [0.29, 0.717) is 0 Å². The zero-order chi connectivity index (χ0) is 15.1. The van der Waals surface area contributed by atoms with Crippen LogP contribution in [0.5, 0.6) is 5.75 Å². The summed E-state index contributed by atoms with van der Waals surface area (Å²) in [5, 5.41) is 4.59. The highest BCUT2D eigenvalue weighted by molar-refractivity contribution is 5.84. The first-order valence-corrected chi connectivity index (χ1v) is 7.84. The Morgan fingerprint density at radius 3 is 2.76 bits per heavy atom. The van der Waals surface area contributed by atoms with Gasteiger partial charge in [0, 0.05) is 11.9 Å². The first-order chi connectivity index (χ1) is 10.2. The predicted octanol–water partition coefficient (Wildman–Crippen LogP) is 4.16. The molecule has 1 heterocycles. The van der Waals surface area contributed by atoms with Crippen LogP contribution in [0.2, 0.25) is 0 Å². The lowest BCUT2D eigenvalue weighted by Crippen LogP contribution is -2.15. The van der Waals surface area contributed by atoms with Crippen molar-refractivity contribution in [2.24, 2.45) is 5.92 Å². The molecule has 0 fully saturated rings. The van der Waals surface area contributed by atoms with Crippen molar-refractivity contribution in [3.8, 4) is 5.75 Å². The van der Waals surface area contributed by atoms with Gasteiger partial charge in [0.15, 0.2) is 0 Å². The van der Waals surface area contributed by atoms with Crippen LogP contribution in [0.3, 0.4) is 0 Å². The molecule has 0 spiro atoms. The fourth-order valence-corrected chi connectivity index (χ4v) is 2.44. The van der Waals surface area contributed by atoms with Gasteiger partial charge in [0.2, 0.25) is 0 Å². The van der Waals surface area contributed by atoms with E-state index in [1.165, 1.54) is 19.3 Å². The van der Waals surface area contributed by atoms with Crippen molar-refractivity contribution in [2.75, 3.05) is 13.7 Å². The highest BCUT2D eigenvalue weighted by Crippen LogP contribution is 2.23. The highest BCUT2D eigenvalue weighted by Gasteiger charge is 2.03. The van der Waals surface area contributed by atoms with Gasteiger partial charge in [0.1, 0.15) is 11.3 Å². The van der Waals surface area contributed by atoms with E-state index < -0.39 is 0 Å². The molecule has 0 saturated heterocycles. The SMILES string of the molecule is COc1cccc2ccc(CNCCCCC(C)C)nc12. The Bertz CT molecular complexity index is 566. The predicted molar refractivity (Wildman–Crippen MR) is 88.7 cm³/mol. The molecule has 0 atom stereocenters. The van der Waals surface area contributed by atoms with Crippen molar-refractivity contribution in [1.29, 1.82) is 0 Å². The number of pyridine rings is 1. The molecule has 2 aromatic rings. The van der Waals surface area contributed by atoms with Gasteiger partial charge in [-0.1, -0.05) is 44.9 Å². The quantitative estimate of drug-likeness (QED) is 0.740. The summed E-state index contributed by atoms with van der Waals surface area (Å²) >= 11 is 0. The van der Waals surface area contributed by atoms with Crippen LogP contribution in [0.25, 0.3) is 10.9 Å².